The number of thiophene rings is 1. The summed E-state index contributed by atoms with van der Waals surface area (Å²) in [6, 6.07) is 7.46. The van der Waals surface area contributed by atoms with Crippen LogP contribution in [0.15, 0.2) is 24.3 Å². The number of benzene rings is 1. The summed E-state index contributed by atoms with van der Waals surface area (Å²) in [6.45, 7) is 1.95. The van der Waals surface area contributed by atoms with Crippen LogP contribution in [0.5, 0.6) is 0 Å². The lowest BCUT2D eigenvalue weighted by Crippen LogP contribution is -2.01. The molecule has 1 atom stereocenters. The number of hydrogen-bond acceptors (Lipinski definition) is 2. The normalized spacial score (nSPS) is 12.8. The lowest BCUT2D eigenvalue weighted by Gasteiger charge is -2.04. The lowest BCUT2D eigenvalue weighted by molar-refractivity contribution is 0.838. The largest absolute Gasteiger partial charge is 0.324 e. The standard InChI is InChI=1S/C12H10Cl3NS/c1-6(16)11-2-3-12(17-11)7-4-9(14)10(15)5-8(7)13/h2-6H,16H2,1H3. The van der Waals surface area contributed by atoms with Crippen molar-refractivity contribution in [1.29, 1.82) is 0 Å². The SMILES string of the molecule is CC(N)c1ccc(-c2cc(Cl)c(Cl)cc2Cl)s1. The molecule has 1 unspecified atom stereocenters. The first-order chi connectivity index (χ1) is 7.99. The van der Waals surface area contributed by atoms with Crippen LogP contribution in [0.3, 0.4) is 0 Å². The maximum absolute atomic E-state index is 6.16. The second-order valence-corrected chi connectivity index (χ2v) is 6.07. The Morgan fingerprint density at radius 2 is 1.71 bits per heavy atom. The van der Waals surface area contributed by atoms with Crippen molar-refractivity contribution in [1.82, 2.24) is 0 Å². The molecule has 2 rings (SSSR count). The average Bonchev–Trinajstić information content (AvgIpc) is 2.72. The van der Waals surface area contributed by atoms with E-state index in [1.54, 1.807) is 23.5 Å². The van der Waals surface area contributed by atoms with Gasteiger partial charge in [-0.25, -0.2) is 0 Å². The van der Waals surface area contributed by atoms with Gasteiger partial charge in [0.05, 0.1) is 15.1 Å². The molecular weight excluding hydrogens is 297 g/mol. The van der Waals surface area contributed by atoms with Crippen molar-refractivity contribution in [3.8, 4) is 10.4 Å². The van der Waals surface area contributed by atoms with Crippen molar-refractivity contribution >= 4 is 46.1 Å². The second kappa shape index (κ2) is 5.17. The summed E-state index contributed by atoms with van der Waals surface area (Å²) in [4.78, 5) is 2.16. The van der Waals surface area contributed by atoms with E-state index < -0.39 is 0 Å². The van der Waals surface area contributed by atoms with E-state index in [-0.39, 0.29) is 6.04 Å². The predicted molar refractivity (Wildman–Crippen MR) is 77.4 cm³/mol. The quantitative estimate of drug-likeness (QED) is 0.739. The van der Waals surface area contributed by atoms with Gasteiger partial charge in [0.1, 0.15) is 0 Å². The highest BCUT2D eigenvalue weighted by atomic mass is 35.5. The summed E-state index contributed by atoms with van der Waals surface area (Å²) in [7, 11) is 0. The van der Waals surface area contributed by atoms with Gasteiger partial charge in [-0.3, -0.25) is 0 Å². The van der Waals surface area contributed by atoms with Gasteiger partial charge < -0.3 is 5.73 Å². The Hall–Kier alpha value is -0.250. The van der Waals surface area contributed by atoms with Crippen LogP contribution in [0.4, 0.5) is 0 Å². The topological polar surface area (TPSA) is 26.0 Å². The van der Waals surface area contributed by atoms with E-state index in [1.807, 2.05) is 19.1 Å². The Morgan fingerprint density at radius 3 is 2.29 bits per heavy atom. The van der Waals surface area contributed by atoms with Gasteiger partial charge in [0.2, 0.25) is 0 Å². The van der Waals surface area contributed by atoms with Gasteiger partial charge in [0, 0.05) is 21.4 Å². The zero-order valence-electron chi connectivity index (χ0n) is 9.01. The van der Waals surface area contributed by atoms with Crippen LogP contribution < -0.4 is 5.73 Å². The highest BCUT2D eigenvalue weighted by Gasteiger charge is 2.11. The minimum atomic E-state index is 0.0234. The van der Waals surface area contributed by atoms with Crippen molar-refractivity contribution in [3.63, 3.8) is 0 Å². The third-order valence-electron chi connectivity index (χ3n) is 2.35. The number of nitrogens with two attached hydrogens (primary N) is 1. The number of rotatable bonds is 2. The molecule has 0 amide bonds. The van der Waals surface area contributed by atoms with Crippen molar-refractivity contribution < 1.29 is 0 Å². The lowest BCUT2D eigenvalue weighted by atomic mass is 10.2. The molecule has 0 spiro atoms. The Labute approximate surface area is 119 Å². The monoisotopic (exact) mass is 305 g/mol. The molecule has 0 aliphatic rings. The first-order valence-electron chi connectivity index (χ1n) is 4.99. The summed E-state index contributed by atoms with van der Waals surface area (Å²) in [5.74, 6) is 0. The predicted octanol–water partition coefficient (Wildman–Crippen LogP) is 5.40. The minimum Gasteiger partial charge on any atom is -0.324 e. The summed E-state index contributed by atoms with van der Waals surface area (Å²) in [5.41, 5.74) is 6.71. The van der Waals surface area contributed by atoms with Gasteiger partial charge in [-0.05, 0) is 31.2 Å². The van der Waals surface area contributed by atoms with Crippen LogP contribution in [0.2, 0.25) is 15.1 Å². The third kappa shape index (κ3) is 2.78. The van der Waals surface area contributed by atoms with E-state index >= 15 is 0 Å². The van der Waals surface area contributed by atoms with Gasteiger partial charge in [-0.1, -0.05) is 34.8 Å². The van der Waals surface area contributed by atoms with Crippen LogP contribution in [-0.4, -0.2) is 0 Å². The first kappa shape index (κ1) is 13.2. The minimum absolute atomic E-state index is 0.0234. The zero-order valence-corrected chi connectivity index (χ0v) is 12.1. The van der Waals surface area contributed by atoms with E-state index in [0.717, 1.165) is 15.3 Å². The van der Waals surface area contributed by atoms with E-state index in [2.05, 4.69) is 0 Å². The van der Waals surface area contributed by atoms with Gasteiger partial charge in [-0.15, -0.1) is 11.3 Å². The van der Waals surface area contributed by atoms with E-state index in [1.165, 1.54) is 0 Å². The Kier molecular flexibility index (Phi) is 4.01. The van der Waals surface area contributed by atoms with Crippen molar-refractivity contribution in [2.45, 2.75) is 13.0 Å². The average molecular weight is 307 g/mol. The molecule has 1 heterocycles. The summed E-state index contributed by atoms with van der Waals surface area (Å²) >= 11 is 19.7. The molecule has 2 aromatic rings. The Bertz CT molecular complexity index is 549. The van der Waals surface area contributed by atoms with Crippen LogP contribution >= 0.6 is 46.1 Å². The highest BCUT2D eigenvalue weighted by molar-refractivity contribution is 7.15. The van der Waals surface area contributed by atoms with Crippen molar-refractivity contribution in [2.24, 2.45) is 5.73 Å². The summed E-state index contributed by atoms with van der Waals surface area (Å²) < 4.78 is 0. The Balaban J connectivity index is 2.49. The van der Waals surface area contributed by atoms with Gasteiger partial charge >= 0.3 is 0 Å². The molecular formula is C12H10Cl3NS. The molecule has 1 nitrogen and oxygen atoms in total. The van der Waals surface area contributed by atoms with Crippen molar-refractivity contribution in [3.05, 3.63) is 44.2 Å². The molecule has 0 aliphatic carbocycles. The summed E-state index contributed by atoms with van der Waals surface area (Å²) in [5, 5.41) is 1.56. The molecule has 2 N–H and O–H groups in total. The molecule has 1 aromatic carbocycles. The smallest absolute Gasteiger partial charge is 0.0607 e. The second-order valence-electron chi connectivity index (χ2n) is 3.74. The number of halogens is 3. The fraction of sp³-hybridized carbons (Fsp3) is 0.167. The van der Waals surface area contributed by atoms with E-state index in [4.69, 9.17) is 40.5 Å². The van der Waals surface area contributed by atoms with Gasteiger partial charge in [0.25, 0.3) is 0 Å². The van der Waals surface area contributed by atoms with Crippen LogP contribution in [0, 0.1) is 0 Å². The fourth-order valence-electron chi connectivity index (χ4n) is 1.45. The molecule has 17 heavy (non-hydrogen) atoms. The Morgan fingerprint density at radius 1 is 1.06 bits per heavy atom. The van der Waals surface area contributed by atoms with E-state index in [9.17, 15) is 0 Å². The number of hydrogen-bond donors (Lipinski definition) is 1. The van der Waals surface area contributed by atoms with Crippen LogP contribution in [0.25, 0.3) is 10.4 Å². The first-order valence-corrected chi connectivity index (χ1v) is 6.94. The molecule has 90 valence electrons. The van der Waals surface area contributed by atoms with Gasteiger partial charge in [-0.2, -0.15) is 0 Å². The molecule has 5 heteroatoms. The zero-order chi connectivity index (χ0) is 12.6. The van der Waals surface area contributed by atoms with E-state index in [0.29, 0.717) is 15.1 Å². The molecule has 0 fully saturated rings. The molecule has 0 saturated carbocycles. The van der Waals surface area contributed by atoms with Crippen LogP contribution in [-0.2, 0) is 0 Å². The molecule has 0 radical (unpaired) electrons. The highest BCUT2D eigenvalue weighted by Crippen LogP contribution is 2.39. The molecule has 0 aliphatic heterocycles. The van der Waals surface area contributed by atoms with Crippen LogP contribution in [0.1, 0.15) is 17.8 Å². The maximum atomic E-state index is 6.16. The molecule has 0 bridgehead atoms. The van der Waals surface area contributed by atoms with Crippen molar-refractivity contribution in [2.75, 3.05) is 0 Å². The molecule has 1 aromatic heterocycles. The van der Waals surface area contributed by atoms with Gasteiger partial charge in [0.15, 0.2) is 0 Å². The third-order valence-corrected chi connectivity index (χ3v) is 4.71. The summed E-state index contributed by atoms with van der Waals surface area (Å²) in [6.07, 6.45) is 0. The maximum Gasteiger partial charge on any atom is 0.0607 e. The molecule has 0 saturated heterocycles. The fourth-order valence-corrected chi connectivity index (χ4v) is 3.15.